The lowest BCUT2D eigenvalue weighted by Gasteiger charge is -2.22. The number of aromatic nitrogens is 1. The SMILES string of the molecule is CC1(C)c2cc3c(cc2-c2c1ccc1ccccc21)c1cc(-c2ccccc2)ccc1n3-c1cccc(-c2ccc(-c3ccccc3)cc2)c1. The Labute approximate surface area is 292 Å². The Balaban J connectivity index is 1.21. The topological polar surface area (TPSA) is 4.93 Å². The van der Waals surface area contributed by atoms with Gasteiger partial charge in [-0.05, 0) is 103 Å². The molecule has 0 saturated heterocycles. The summed E-state index contributed by atoms with van der Waals surface area (Å²) in [4.78, 5) is 0. The molecule has 1 nitrogen and oxygen atoms in total. The van der Waals surface area contributed by atoms with Crippen LogP contribution in [0.4, 0.5) is 0 Å². The molecule has 236 valence electrons. The highest BCUT2D eigenvalue weighted by Gasteiger charge is 2.37. The van der Waals surface area contributed by atoms with Gasteiger partial charge in [-0.1, -0.05) is 153 Å². The number of rotatable bonds is 4. The summed E-state index contributed by atoms with van der Waals surface area (Å²) in [6.45, 7) is 4.77. The zero-order valence-corrected chi connectivity index (χ0v) is 28.2. The number of benzene rings is 8. The molecule has 0 unspecified atom stereocenters. The maximum absolute atomic E-state index is 2.49. The summed E-state index contributed by atoms with van der Waals surface area (Å²) < 4.78 is 2.48. The van der Waals surface area contributed by atoms with Gasteiger partial charge in [0.2, 0.25) is 0 Å². The summed E-state index contributed by atoms with van der Waals surface area (Å²) in [5.41, 5.74) is 16.4. The summed E-state index contributed by atoms with van der Waals surface area (Å²) in [6.07, 6.45) is 0. The fraction of sp³-hybridized carbons (Fsp3) is 0.0612. The monoisotopic (exact) mass is 637 g/mol. The van der Waals surface area contributed by atoms with E-state index in [4.69, 9.17) is 0 Å². The smallest absolute Gasteiger partial charge is 0.0544 e. The van der Waals surface area contributed by atoms with Crippen molar-refractivity contribution >= 4 is 32.6 Å². The molecule has 1 heteroatoms. The highest BCUT2D eigenvalue weighted by Crippen LogP contribution is 2.53. The highest BCUT2D eigenvalue weighted by atomic mass is 15.0. The lowest BCUT2D eigenvalue weighted by molar-refractivity contribution is 0.661. The van der Waals surface area contributed by atoms with E-state index in [0.29, 0.717) is 0 Å². The first kappa shape index (κ1) is 28.8. The summed E-state index contributed by atoms with van der Waals surface area (Å²) in [5.74, 6) is 0. The van der Waals surface area contributed by atoms with Crippen molar-refractivity contribution in [1.82, 2.24) is 4.57 Å². The lowest BCUT2D eigenvalue weighted by Crippen LogP contribution is -2.15. The van der Waals surface area contributed by atoms with Crippen molar-refractivity contribution in [1.29, 1.82) is 0 Å². The van der Waals surface area contributed by atoms with Crippen LogP contribution in [0, 0.1) is 0 Å². The normalized spacial score (nSPS) is 13.2. The molecule has 1 aromatic heterocycles. The van der Waals surface area contributed by atoms with E-state index in [0.717, 1.165) is 0 Å². The van der Waals surface area contributed by atoms with Crippen LogP contribution in [0.2, 0.25) is 0 Å². The van der Waals surface area contributed by atoms with E-state index in [2.05, 4.69) is 194 Å². The maximum atomic E-state index is 2.49. The summed E-state index contributed by atoms with van der Waals surface area (Å²) in [6, 6.07) is 64.8. The largest absolute Gasteiger partial charge is 0.309 e. The average Bonchev–Trinajstić information content (AvgIpc) is 3.62. The lowest BCUT2D eigenvalue weighted by atomic mass is 9.82. The third-order valence-electron chi connectivity index (χ3n) is 11.0. The van der Waals surface area contributed by atoms with Gasteiger partial charge >= 0.3 is 0 Å². The molecule has 0 radical (unpaired) electrons. The molecule has 1 aliphatic rings. The van der Waals surface area contributed by atoms with Crippen LogP contribution in [-0.4, -0.2) is 4.57 Å². The van der Waals surface area contributed by atoms with Crippen LogP contribution >= 0.6 is 0 Å². The Bertz CT molecular complexity index is 2750. The molecule has 9 aromatic rings. The van der Waals surface area contributed by atoms with E-state index in [1.165, 1.54) is 93.9 Å². The van der Waals surface area contributed by atoms with Gasteiger partial charge in [0.15, 0.2) is 0 Å². The fourth-order valence-corrected chi connectivity index (χ4v) is 8.42. The Kier molecular flexibility index (Phi) is 6.29. The van der Waals surface area contributed by atoms with Crippen molar-refractivity contribution in [3.8, 4) is 50.2 Å². The fourth-order valence-electron chi connectivity index (χ4n) is 8.42. The molecule has 0 atom stereocenters. The molecule has 10 rings (SSSR count). The van der Waals surface area contributed by atoms with Crippen molar-refractivity contribution < 1.29 is 0 Å². The Hall–Kier alpha value is -6.18. The van der Waals surface area contributed by atoms with Gasteiger partial charge in [0.25, 0.3) is 0 Å². The van der Waals surface area contributed by atoms with Crippen LogP contribution in [0.5, 0.6) is 0 Å². The summed E-state index contributed by atoms with van der Waals surface area (Å²) in [5, 5.41) is 5.17. The van der Waals surface area contributed by atoms with Gasteiger partial charge in [-0.3, -0.25) is 0 Å². The Morgan fingerprint density at radius 1 is 0.380 bits per heavy atom. The van der Waals surface area contributed by atoms with Gasteiger partial charge in [-0.15, -0.1) is 0 Å². The zero-order valence-electron chi connectivity index (χ0n) is 28.2. The summed E-state index contributed by atoms with van der Waals surface area (Å²) in [7, 11) is 0. The molecule has 0 spiro atoms. The van der Waals surface area contributed by atoms with Gasteiger partial charge < -0.3 is 4.57 Å². The number of hydrogen-bond acceptors (Lipinski definition) is 0. The average molecular weight is 638 g/mol. The van der Waals surface area contributed by atoms with Crippen molar-refractivity contribution in [2.75, 3.05) is 0 Å². The van der Waals surface area contributed by atoms with Crippen LogP contribution in [0.25, 0.3) is 82.8 Å². The van der Waals surface area contributed by atoms with Gasteiger partial charge in [-0.25, -0.2) is 0 Å². The molecular weight excluding hydrogens is 603 g/mol. The van der Waals surface area contributed by atoms with E-state index in [9.17, 15) is 0 Å². The third kappa shape index (κ3) is 4.33. The summed E-state index contributed by atoms with van der Waals surface area (Å²) >= 11 is 0. The number of fused-ring (bicyclic) bond motifs is 8. The molecule has 0 amide bonds. The van der Waals surface area contributed by atoms with Crippen molar-refractivity contribution in [2.24, 2.45) is 0 Å². The molecule has 1 aliphatic carbocycles. The molecule has 8 aromatic carbocycles. The molecular formula is C49H35N. The van der Waals surface area contributed by atoms with Crippen LogP contribution < -0.4 is 0 Å². The first-order valence-corrected chi connectivity index (χ1v) is 17.5. The molecule has 0 saturated carbocycles. The molecule has 0 bridgehead atoms. The molecule has 0 aliphatic heterocycles. The second-order valence-electron chi connectivity index (χ2n) is 14.2. The third-order valence-corrected chi connectivity index (χ3v) is 11.0. The second-order valence-corrected chi connectivity index (χ2v) is 14.2. The minimum Gasteiger partial charge on any atom is -0.309 e. The molecule has 0 fully saturated rings. The van der Waals surface area contributed by atoms with Crippen LogP contribution in [-0.2, 0) is 5.41 Å². The van der Waals surface area contributed by atoms with Crippen molar-refractivity contribution in [3.05, 3.63) is 187 Å². The standard InChI is InChI=1S/C49H35N/c1-49(2)44-26-24-36-16-9-10-19-40(36)48(44)43-30-42-41-29-38(33-14-7-4-8-15-33)25-27-46(41)50(47(42)31-45(43)49)39-18-11-17-37(28-39)35-22-20-34(21-23-35)32-12-5-3-6-13-32/h3-31H,1-2H3. The molecule has 50 heavy (non-hydrogen) atoms. The molecule has 1 heterocycles. The van der Waals surface area contributed by atoms with E-state index in [1.807, 2.05) is 0 Å². The van der Waals surface area contributed by atoms with Gasteiger partial charge in [0.05, 0.1) is 11.0 Å². The van der Waals surface area contributed by atoms with E-state index >= 15 is 0 Å². The Morgan fingerprint density at radius 2 is 0.960 bits per heavy atom. The first-order chi connectivity index (χ1) is 24.5. The predicted molar refractivity (Wildman–Crippen MR) is 212 cm³/mol. The van der Waals surface area contributed by atoms with Crippen molar-refractivity contribution in [3.63, 3.8) is 0 Å². The Morgan fingerprint density at radius 3 is 1.72 bits per heavy atom. The first-order valence-electron chi connectivity index (χ1n) is 17.5. The minimum absolute atomic E-state index is 0.123. The zero-order chi connectivity index (χ0) is 33.4. The van der Waals surface area contributed by atoms with E-state index in [-0.39, 0.29) is 5.41 Å². The minimum atomic E-state index is -0.123. The van der Waals surface area contributed by atoms with E-state index < -0.39 is 0 Å². The molecule has 0 N–H and O–H groups in total. The van der Waals surface area contributed by atoms with Crippen LogP contribution in [0.1, 0.15) is 25.0 Å². The van der Waals surface area contributed by atoms with Gasteiger partial charge in [-0.2, -0.15) is 0 Å². The maximum Gasteiger partial charge on any atom is 0.0544 e. The van der Waals surface area contributed by atoms with Crippen molar-refractivity contribution in [2.45, 2.75) is 19.3 Å². The van der Waals surface area contributed by atoms with Gasteiger partial charge in [0, 0.05) is 21.9 Å². The highest BCUT2D eigenvalue weighted by molar-refractivity contribution is 6.14. The van der Waals surface area contributed by atoms with E-state index in [1.54, 1.807) is 0 Å². The predicted octanol–water partition coefficient (Wildman–Crippen LogP) is 13.2. The van der Waals surface area contributed by atoms with Gasteiger partial charge in [0.1, 0.15) is 0 Å². The second kappa shape index (κ2) is 10.9. The van der Waals surface area contributed by atoms with Crippen LogP contribution in [0.15, 0.2) is 176 Å². The quantitative estimate of drug-likeness (QED) is 0.181. The van der Waals surface area contributed by atoms with Crippen LogP contribution in [0.3, 0.4) is 0 Å². The number of nitrogens with zero attached hydrogens (tertiary/aromatic N) is 1. The number of hydrogen-bond donors (Lipinski definition) is 0.